The van der Waals surface area contributed by atoms with Crippen molar-refractivity contribution in [2.45, 2.75) is 19.9 Å². The minimum Gasteiger partial charge on any atom is -0.357 e. The summed E-state index contributed by atoms with van der Waals surface area (Å²) < 4.78 is 14.9. The number of rotatable bonds is 8. The van der Waals surface area contributed by atoms with E-state index < -0.39 is 0 Å². The van der Waals surface area contributed by atoms with E-state index in [2.05, 4.69) is 26.0 Å². The molecule has 0 radical (unpaired) electrons. The maximum atomic E-state index is 13.1. The first-order valence-electron chi connectivity index (χ1n) is 8.58. The predicted octanol–water partition coefficient (Wildman–Crippen LogP) is 1.59. The lowest BCUT2D eigenvalue weighted by Crippen LogP contribution is -2.41. The molecule has 1 heterocycles. The molecule has 0 aliphatic carbocycles. The van der Waals surface area contributed by atoms with Crippen molar-refractivity contribution >= 4 is 35.8 Å². The number of hydrogen-bond acceptors (Lipinski definition) is 3. The standard InChI is InChI=1S/C18H25FN6O.HI/c1-3-20-18(23-13-16-7-8-24-25(16)2)22-10-9-21-17(26)12-14-5-4-6-15(19)11-14;/h4-8,11H,3,9-10,12-13H2,1-2H3,(H,21,26)(H2,20,22,23);1H. The van der Waals surface area contributed by atoms with Crippen molar-refractivity contribution in [3.8, 4) is 0 Å². The third kappa shape index (κ3) is 8.37. The summed E-state index contributed by atoms with van der Waals surface area (Å²) in [5.41, 5.74) is 1.66. The highest BCUT2D eigenvalue weighted by atomic mass is 127. The second-order valence-corrected chi connectivity index (χ2v) is 5.72. The summed E-state index contributed by atoms with van der Waals surface area (Å²) >= 11 is 0. The van der Waals surface area contributed by atoms with Gasteiger partial charge in [0.15, 0.2) is 5.96 Å². The first-order valence-corrected chi connectivity index (χ1v) is 8.58. The van der Waals surface area contributed by atoms with Crippen LogP contribution in [0.4, 0.5) is 4.39 Å². The number of guanidine groups is 1. The van der Waals surface area contributed by atoms with Crippen LogP contribution in [-0.2, 0) is 24.8 Å². The molecule has 27 heavy (non-hydrogen) atoms. The summed E-state index contributed by atoms with van der Waals surface area (Å²) in [6, 6.07) is 7.97. The molecule has 0 fully saturated rings. The molecule has 2 rings (SSSR count). The average molecular weight is 488 g/mol. The van der Waals surface area contributed by atoms with Crippen LogP contribution in [0, 0.1) is 5.82 Å². The van der Waals surface area contributed by atoms with E-state index in [0.29, 0.717) is 31.2 Å². The number of nitrogens with zero attached hydrogens (tertiary/aromatic N) is 3. The van der Waals surface area contributed by atoms with Crippen molar-refractivity contribution < 1.29 is 9.18 Å². The van der Waals surface area contributed by atoms with Crippen LogP contribution in [-0.4, -0.2) is 41.3 Å². The van der Waals surface area contributed by atoms with E-state index in [1.54, 1.807) is 23.0 Å². The minimum atomic E-state index is -0.336. The molecule has 0 saturated heterocycles. The van der Waals surface area contributed by atoms with Gasteiger partial charge in [-0.1, -0.05) is 12.1 Å². The van der Waals surface area contributed by atoms with Gasteiger partial charge in [-0.3, -0.25) is 9.48 Å². The third-order valence-corrected chi connectivity index (χ3v) is 3.66. The second kappa shape index (κ2) is 12.3. The van der Waals surface area contributed by atoms with Crippen LogP contribution in [0.1, 0.15) is 18.2 Å². The lowest BCUT2D eigenvalue weighted by atomic mass is 10.1. The largest absolute Gasteiger partial charge is 0.357 e. The number of carbonyl (C=O) groups excluding carboxylic acids is 1. The van der Waals surface area contributed by atoms with Crippen molar-refractivity contribution in [2.24, 2.45) is 12.0 Å². The first-order chi connectivity index (χ1) is 12.6. The number of benzene rings is 1. The van der Waals surface area contributed by atoms with Crippen LogP contribution in [0.2, 0.25) is 0 Å². The lowest BCUT2D eigenvalue weighted by Gasteiger charge is -2.12. The molecule has 0 spiro atoms. The molecule has 0 saturated carbocycles. The predicted molar refractivity (Wildman–Crippen MR) is 115 cm³/mol. The monoisotopic (exact) mass is 488 g/mol. The minimum absolute atomic E-state index is 0. The number of nitrogens with one attached hydrogen (secondary N) is 3. The number of aliphatic imine (C=N–C) groups is 1. The van der Waals surface area contributed by atoms with Gasteiger partial charge in [-0.2, -0.15) is 5.10 Å². The molecule has 0 aliphatic rings. The summed E-state index contributed by atoms with van der Waals surface area (Å²) in [5, 5.41) is 13.2. The SMILES string of the molecule is CCNC(=NCc1ccnn1C)NCCNC(=O)Cc1cccc(F)c1.I. The molecule has 3 N–H and O–H groups in total. The summed E-state index contributed by atoms with van der Waals surface area (Å²) in [5.74, 6) is 0.194. The van der Waals surface area contributed by atoms with Crippen LogP contribution in [0.25, 0.3) is 0 Å². The topological polar surface area (TPSA) is 83.3 Å². The molecule has 0 atom stereocenters. The highest BCUT2D eigenvalue weighted by molar-refractivity contribution is 14.0. The molecular weight excluding hydrogens is 462 g/mol. The number of aromatic nitrogens is 2. The number of carbonyl (C=O) groups is 1. The second-order valence-electron chi connectivity index (χ2n) is 5.72. The number of amides is 1. The van der Waals surface area contributed by atoms with E-state index in [9.17, 15) is 9.18 Å². The molecule has 0 aliphatic heterocycles. The Labute approximate surface area is 175 Å². The Balaban J connectivity index is 0.00000364. The molecule has 0 bridgehead atoms. The third-order valence-electron chi connectivity index (χ3n) is 3.66. The fraction of sp³-hybridized carbons (Fsp3) is 0.389. The van der Waals surface area contributed by atoms with Gasteiger partial charge in [-0.05, 0) is 30.7 Å². The lowest BCUT2D eigenvalue weighted by molar-refractivity contribution is -0.120. The van der Waals surface area contributed by atoms with Gasteiger partial charge >= 0.3 is 0 Å². The molecule has 1 amide bonds. The van der Waals surface area contributed by atoms with Crippen molar-refractivity contribution in [3.63, 3.8) is 0 Å². The normalized spacial score (nSPS) is 10.9. The Morgan fingerprint density at radius 2 is 2.00 bits per heavy atom. The van der Waals surface area contributed by atoms with Gasteiger partial charge < -0.3 is 16.0 Å². The summed E-state index contributed by atoms with van der Waals surface area (Å²) in [4.78, 5) is 16.4. The highest BCUT2D eigenvalue weighted by Crippen LogP contribution is 2.03. The van der Waals surface area contributed by atoms with E-state index in [-0.39, 0.29) is 42.1 Å². The van der Waals surface area contributed by atoms with Crippen molar-refractivity contribution in [1.82, 2.24) is 25.7 Å². The molecule has 148 valence electrons. The van der Waals surface area contributed by atoms with E-state index in [0.717, 1.165) is 12.2 Å². The maximum absolute atomic E-state index is 13.1. The zero-order chi connectivity index (χ0) is 18.8. The van der Waals surface area contributed by atoms with E-state index in [1.165, 1.54) is 12.1 Å². The first kappa shape index (κ1) is 22.9. The number of halogens is 2. The van der Waals surface area contributed by atoms with Gasteiger partial charge in [0, 0.05) is 32.9 Å². The quantitative estimate of drug-likeness (QED) is 0.228. The fourth-order valence-corrected chi connectivity index (χ4v) is 2.34. The van der Waals surface area contributed by atoms with Crippen molar-refractivity contribution in [1.29, 1.82) is 0 Å². The van der Waals surface area contributed by atoms with Crippen LogP contribution in [0.15, 0.2) is 41.5 Å². The molecule has 7 nitrogen and oxygen atoms in total. The van der Waals surface area contributed by atoms with Crippen LogP contribution in [0.5, 0.6) is 0 Å². The summed E-state index contributed by atoms with van der Waals surface area (Å²) in [6.07, 6.45) is 1.89. The van der Waals surface area contributed by atoms with Crippen LogP contribution >= 0.6 is 24.0 Å². The summed E-state index contributed by atoms with van der Waals surface area (Å²) in [7, 11) is 1.87. The van der Waals surface area contributed by atoms with Crippen molar-refractivity contribution in [3.05, 3.63) is 53.6 Å². The summed E-state index contributed by atoms with van der Waals surface area (Å²) in [6.45, 7) is 4.22. The van der Waals surface area contributed by atoms with Gasteiger partial charge in [0.2, 0.25) is 5.91 Å². The Morgan fingerprint density at radius 1 is 1.22 bits per heavy atom. The van der Waals surface area contributed by atoms with Gasteiger partial charge in [-0.15, -0.1) is 24.0 Å². The van der Waals surface area contributed by atoms with Crippen LogP contribution < -0.4 is 16.0 Å². The Bertz CT molecular complexity index is 749. The van der Waals surface area contributed by atoms with Gasteiger partial charge in [-0.25, -0.2) is 9.38 Å². The highest BCUT2D eigenvalue weighted by Gasteiger charge is 2.04. The molecule has 1 aromatic heterocycles. The van der Waals surface area contributed by atoms with Crippen molar-refractivity contribution in [2.75, 3.05) is 19.6 Å². The zero-order valence-electron chi connectivity index (χ0n) is 15.5. The maximum Gasteiger partial charge on any atom is 0.224 e. The Morgan fingerprint density at radius 3 is 2.67 bits per heavy atom. The van der Waals surface area contributed by atoms with Crippen LogP contribution in [0.3, 0.4) is 0 Å². The molecule has 9 heteroatoms. The molecule has 2 aromatic rings. The van der Waals surface area contributed by atoms with Gasteiger partial charge in [0.1, 0.15) is 5.82 Å². The fourth-order valence-electron chi connectivity index (χ4n) is 2.34. The molecule has 1 aromatic carbocycles. The Kier molecular flexibility index (Phi) is 10.4. The number of aryl methyl sites for hydroxylation is 1. The average Bonchev–Trinajstić information content (AvgIpc) is 3.01. The number of hydrogen-bond donors (Lipinski definition) is 3. The Hall–Kier alpha value is -2.17. The smallest absolute Gasteiger partial charge is 0.224 e. The van der Waals surface area contributed by atoms with E-state index in [4.69, 9.17) is 0 Å². The van der Waals surface area contributed by atoms with E-state index in [1.807, 2.05) is 20.0 Å². The molecule has 0 unspecified atom stereocenters. The van der Waals surface area contributed by atoms with Gasteiger partial charge in [0.05, 0.1) is 18.7 Å². The molecular formula is C18H26FIN6O. The van der Waals surface area contributed by atoms with Gasteiger partial charge in [0.25, 0.3) is 0 Å². The van der Waals surface area contributed by atoms with E-state index >= 15 is 0 Å². The zero-order valence-corrected chi connectivity index (χ0v) is 17.9.